The van der Waals surface area contributed by atoms with E-state index in [1.807, 2.05) is 42.5 Å². The minimum Gasteiger partial charge on any atom is -0.382 e. The molecule has 116 valence electrons. The summed E-state index contributed by atoms with van der Waals surface area (Å²) < 4.78 is 5.31. The highest BCUT2D eigenvalue weighted by Gasteiger charge is 2.16. The Labute approximate surface area is 137 Å². The molecule has 0 saturated carbocycles. The van der Waals surface area contributed by atoms with Gasteiger partial charge < -0.3 is 10.3 Å². The Morgan fingerprint density at radius 2 is 1.71 bits per heavy atom. The maximum Gasteiger partial charge on any atom is 0.258 e. The van der Waals surface area contributed by atoms with Gasteiger partial charge in [0, 0.05) is 23.5 Å². The lowest BCUT2D eigenvalue weighted by Crippen LogP contribution is -2.00. The number of aromatic nitrogens is 5. The zero-order chi connectivity index (χ0) is 16.4. The van der Waals surface area contributed by atoms with Gasteiger partial charge in [0.2, 0.25) is 5.82 Å². The summed E-state index contributed by atoms with van der Waals surface area (Å²) in [6, 6.07) is 13.2. The minimum absolute atomic E-state index is 0.239. The highest BCUT2D eigenvalue weighted by atomic mass is 16.5. The minimum atomic E-state index is 0.239. The molecule has 7 heteroatoms. The molecule has 0 amide bonds. The molecule has 2 N–H and O–H groups in total. The maximum absolute atomic E-state index is 5.94. The van der Waals surface area contributed by atoms with E-state index in [-0.39, 0.29) is 5.82 Å². The third-order valence-electron chi connectivity index (χ3n) is 3.42. The molecule has 7 nitrogen and oxygen atoms in total. The van der Waals surface area contributed by atoms with Crippen LogP contribution in [0.1, 0.15) is 0 Å². The van der Waals surface area contributed by atoms with Crippen molar-refractivity contribution in [2.45, 2.75) is 0 Å². The zero-order valence-electron chi connectivity index (χ0n) is 12.5. The van der Waals surface area contributed by atoms with E-state index in [2.05, 4.69) is 25.1 Å². The first kappa shape index (κ1) is 14.0. The monoisotopic (exact) mass is 316 g/mol. The van der Waals surface area contributed by atoms with Crippen LogP contribution < -0.4 is 5.73 Å². The van der Waals surface area contributed by atoms with E-state index in [0.717, 1.165) is 11.1 Å². The predicted octanol–water partition coefficient (Wildman–Crippen LogP) is 2.84. The molecule has 0 radical (unpaired) electrons. The number of hydrogen-bond acceptors (Lipinski definition) is 7. The van der Waals surface area contributed by atoms with Crippen molar-refractivity contribution >= 4 is 5.82 Å². The highest BCUT2D eigenvalue weighted by Crippen LogP contribution is 2.26. The van der Waals surface area contributed by atoms with Crippen molar-refractivity contribution in [3.8, 4) is 34.2 Å². The summed E-state index contributed by atoms with van der Waals surface area (Å²) in [6.45, 7) is 0. The van der Waals surface area contributed by atoms with Gasteiger partial charge in [-0.1, -0.05) is 23.4 Å². The summed E-state index contributed by atoms with van der Waals surface area (Å²) in [4.78, 5) is 17.1. The summed E-state index contributed by atoms with van der Waals surface area (Å²) in [7, 11) is 0. The van der Waals surface area contributed by atoms with Crippen LogP contribution >= 0.6 is 0 Å². The van der Waals surface area contributed by atoms with Gasteiger partial charge in [-0.05, 0) is 24.3 Å². The second-order valence-electron chi connectivity index (χ2n) is 5.02. The maximum atomic E-state index is 5.94. The number of nitrogens with zero attached hydrogens (tertiary/aromatic N) is 5. The lowest BCUT2D eigenvalue weighted by Gasteiger charge is -2.03. The third-order valence-corrected chi connectivity index (χ3v) is 3.42. The van der Waals surface area contributed by atoms with E-state index in [0.29, 0.717) is 23.1 Å². The van der Waals surface area contributed by atoms with Gasteiger partial charge in [0.25, 0.3) is 5.89 Å². The second kappa shape index (κ2) is 5.88. The van der Waals surface area contributed by atoms with Gasteiger partial charge in [-0.25, -0.2) is 9.97 Å². The van der Waals surface area contributed by atoms with E-state index < -0.39 is 0 Å². The molecule has 24 heavy (non-hydrogen) atoms. The van der Waals surface area contributed by atoms with E-state index >= 15 is 0 Å². The first-order valence-corrected chi connectivity index (χ1v) is 7.23. The van der Waals surface area contributed by atoms with Gasteiger partial charge in [-0.15, -0.1) is 0 Å². The standard InChI is InChI=1S/C17H12N6O/c18-15-14(21-13(10-20-15)12-7-4-8-19-9-12)16-22-17(24-23-16)11-5-2-1-3-6-11/h1-10H,(H2,18,20). The summed E-state index contributed by atoms with van der Waals surface area (Å²) in [6.07, 6.45) is 4.99. The molecule has 3 aromatic heterocycles. The lowest BCUT2D eigenvalue weighted by molar-refractivity contribution is 0.432. The van der Waals surface area contributed by atoms with Crippen molar-refractivity contribution < 1.29 is 4.52 Å². The normalized spacial score (nSPS) is 10.7. The molecule has 0 bridgehead atoms. The van der Waals surface area contributed by atoms with Gasteiger partial charge in [0.05, 0.1) is 11.9 Å². The summed E-state index contributed by atoms with van der Waals surface area (Å²) in [5.41, 5.74) is 8.61. The third kappa shape index (κ3) is 2.58. The summed E-state index contributed by atoms with van der Waals surface area (Å²) >= 11 is 0. The van der Waals surface area contributed by atoms with Crippen LogP contribution in [-0.4, -0.2) is 25.1 Å². The van der Waals surface area contributed by atoms with E-state index in [1.54, 1.807) is 18.6 Å². The SMILES string of the molecule is Nc1ncc(-c2cccnc2)nc1-c1noc(-c2ccccc2)n1. The van der Waals surface area contributed by atoms with Crippen LogP contribution in [0.5, 0.6) is 0 Å². The molecular formula is C17H12N6O. The molecule has 0 aliphatic rings. The first-order chi connectivity index (χ1) is 11.8. The fourth-order valence-electron chi connectivity index (χ4n) is 2.23. The number of pyridine rings is 1. The molecule has 1 aromatic carbocycles. The van der Waals surface area contributed by atoms with Crippen LogP contribution in [0.3, 0.4) is 0 Å². The van der Waals surface area contributed by atoms with Crippen molar-refractivity contribution in [3.05, 3.63) is 61.1 Å². The predicted molar refractivity (Wildman–Crippen MR) is 88.4 cm³/mol. The van der Waals surface area contributed by atoms with Crippen LogP contribution in [-0.2, 0) is 0 Å². The van der Waals surface area contributed by atoms with E-state index in [9.17, 15) is 0 Å². The Bertz CT molecular complexity index is 969. The molecule has 0 spiro atoms. The molecule has 4 aromatic rings. The number of hydrogen-bond donors (Lipinski definition) is 1. The molecule has 0 aliphatic heterocycles. The van der Waals surface area contributed by atoms with Gasteiger partial charge in [-0.3, -0.25) is 4.98 Å². The van der Waals surface area contributed by atoms with Crippen molar-refractivity contribution in [2.24, 2.45) is 0 Å². The molecule has 0 atom stereocenters. The van der Waals surface area contributed by atoms with Crippen molar-refractivity contribution in [1.29, 1.82) is 0 Å². The molecule has 0 aliphatic carbocycles. The average molecular weight is 316 g/mol. The van der Waals surface area contributed by atoms with Crippen LogP contribution in [0.4, 0.5) is 5.82 Å². The van der Waals surface area contributed by atoms with E-state index in [4.69, 9.17) is 10.3 Å². The summed E-state index contributed by atoms with van der Waals surface area (Å²) in [5.74, 6) is 0.936. The van der Waals surface area contributed by atoms with Gasteiger partial charge in [0.15, 0.2) is 11.5 Å². The molecule has 0 fully saturated rings. The number of rotatable bonds is 3. The number of nitrogens with two attached hydrogens (primary N) is 1. The Kier molecular flexibility index (Phi) is 3.43. The number of nitrogen functional groups attached to an aromatic ring is 1. The molecular weight excluding hydrogens is 304 g/mol. The Balaban J connectivity index is 1.76. The lowest BCUT2D eigenvalue weighted by atomic mass is 10.2. The first-order valence-electron chi connectivity index (χ1n) is 7.23. The molecule has 4 rings (SSSR count). The van der Waals surface area contributed by atoms with Gasteiger partial charge in [-0.2, -0.15) is 4.98 Å². The zero-order valence-corrected chi connectivity index (χ0v) is 12.5. The Morgan fingerprint density at radius 1 is 0.875 bits per heavy atom. The number of benzene rings is 1. The van der Waals surface area contributed by atoms with Crippen LogP contribution in [0.25, 0.3) is 34.2 Å². The Morgan fingerprint density at radius 3 is 2.50 bits per heavy atom. The van der Waals surface area contributed by atoms with Gasteiger partial charge >= 0.3 is 0 Å². The summed E-state index contributed by atoms with van der Waals surface area (Å²) in [5, 5.41) is 3.97. The largest absolute Gasteiger partial charge is 0.382 e. The fraction of sp³-hybridized carbons (Fsp3) is 0. The molecule has 0 saturated heterocycles. The quantitative estimate of drug-likeness (QED) is 0.619. The second-order valence-corrected chi connectivity index (χ2v) is 5.02. The van der Waals surface area contributed by atoms with Crippen molar-refractivity contribution in [3.63, 3.8) is 0 Å². The molecule has 3 heterocycles. The van der Waals surface area contributed by atoms with Crippen LogP contribution in [0, 0.1) is 0 Å². The number of anilines is 1. The van der Waals surface area contributed by atoms with E-state index in [1.165, 1.54) is 0 Å². The Hall–Kier alpha value is -3.61. The van der Waals surface area contributed by atoms with Crippen LogP contribution in [0.2, 0.25) is 0 Å². The molecule has 0 unspecified atom stereocenters. The fourth-order valence-corrected chi connectivity index (χ4v) is 2.23. The average Bonchev–Trinajstić information content (AvgIpc) is 3.13. The van der Waals surface area contributed by atoms with Crippen LogP contribution in [0.15, 0.2) is 65.6 Å². The highest BCUT2D eigenvalue weighted by molar-refractivity contribution is 5.69. The van der Waals surface area contributed by atoms with Crippen molar-refractivity contribution in [1.82, 2.24) is 25.1 Å². The van der Waals surface area contributed by atoms with Crippen molar-refractivity contribution in [2.75, 3.05) is 5.73 Å². The smallest absolute Gasteiger partial charge is 0.258 e. The topological polar surface area (TPSA) is 104 Å². The van der Waals surface area contributed by atoms with Gasteiger partial charge in [0.1, 0.15) is 0 Å².